The number of esters is 1. The van der Waals surface area contributed by atoms with E-state index in [2.05, 4.69) is 10.8 Å². The molecule has 102 valence electrons. The van der Waals surface area contributed by atoms with E-state index < -0.39 is 17.4 Å². The lowest BCUT2D eigenvalue weighted by Gasteiger charge is -2.24. The standard InChI is InChI=1S/C13H15NO4S/c1-18-12(17)3-6-13(9-14,5-2-11(15)16)10-4-7-19-8-10/h4,7-8H,2-3,5-6H2,1H3,(H,15,16). The van der Waals surface area contributed by atoms with Gasteiger partial charge >= 0.3 is 11.9 Å². The molecule has 1 atom stereocenters. The Morgan fingerprint density at radius 2 is 2.16 bits per heavy atom. The van der Waals surface area contributed by atoms with Crippen LogP contribution in [0.1, 0.15) is 31.2 Å². The van der Waals surface area contributed by atoms with Gasteiger partial charge in [-0.2, -0.15) is 16.6 Å². The number of nitrogens with zero attached hydrogens (tertiary/aromatic N) is 1. The maximum Gasteiger partial charge on any atom is 0.305 e. The van der Waals surface area contributed by atoms with Crippen molar-refractivity contribution in [1.29, 1.82) is 5.26 Å². The molecule has 5 nitrogen and oxygen atoms in total. The van der Waals surface area contributed by atoms with Gasteiger partial charge < -0.3 is 9.84 Å². The molecule has 1 aromatic rings. The Balaban J connectivity index is 2.91. The van der Waals surface area contributed by atoms with Gasteiger partial charge in [0.05, 0.1) is 18.6 Å². The minimum atomic E-state index is -0.951. The summed E-state index contributed by atoms with van der Waals surface area (Å²) in [5, 5.41) is 21.9. The summed E-state index contributed by atoms with van der Waals surface area (Å²) < 4.78 is 4.57. The van der Waals surface area contributed by atoms with Crippen LogP contribution in [0.15, 0.2) is 16.8 Å². The first-order valence-electron chi connectivity index (χ1n) is 5.76. The Morgan fingerprint density at radius 3 is 2.63 bits per heavy atom. The second-order valence-electron chi connectivity index (χ2n) is 4.18. The van der Waals surface area contributed by atoms with Crippen LogP contribution in [0.2, 0.25) is 0 Å². The van der Waals surface area contributed by atoms with Crippen molar-refractivity contribution in [3.05, 3.63) is 22.4 Å². The number of rotatable bonds is 7. The minimum Gasteiger partial charge on any atom is -0.481 e. The molecule has 0 bridgehead atoms. The van der Waals surface area contributed by atoms with E-state index in [1.165, 1.54) is 18.4 Å². The van der Waals surface area contributed by atoms with Crippen molar-refractivity contribution >= 4 is 23.3 Å². The van der Waals surface area contributed by atoms with E-state index in [1.54, 1.807) is 6.07 Å². The van der Waals surface area contributed by atoms with Gasteiger partial charge in [-0.1, -0.05) is 0 Å². The van der Waals surface area contributed by atoms with Gasteiger partial charge in [0.25, 0.3) is 0 Å². The van der Waals surface area contributed by atoms with Crippen LogP contribution in [0, 0.1) is 11.3 Å². The second-order valence-corrected chi connectivity index (χ2v) is 4.96. The number of aliphatic carboxylic acids is 1. The zero-order chi connectivity index (χ0) is 14.3. The zero-order valence-electron chi connectivity index (χ0n) is 10.6. The molecule has 0 saturated carbocycles. The Morgan fingerprint density at radius 1 is 1.47 bits per heavy atom. The smallest absolute Gasteiger partial charge is 0.305 e. The van der Waals surface area contributed by atoms with Crippen LogP contribution in [0.4, 0.5) is 0 Å². The van der Waals surface area contributed by atoms with E-state index in [9.17, 15) is 14.9 Å². The Bertz CT molecular complexity index is 477. The third kappa shape index (κ3) is 4.07. The average molecular weight is 281 g/mol. The van der Waals surface area contributed by atoms with Crippen molar-refractivity contribution in [2.24, 2.45) is 0 Å². The first kappa shape index (κ1) is 15.2. The van der Waals surface area contributed by atoms with E-state index >= 15 is 0 Å². The van der Waals surface area contributed by atoms with Crippen molar-refractivity contribution < 1.29 is 19.4 Å². The number of carbonyl (C=O) groups is 2. The number of carboxylic acids is 1. The topological polar surface area (TPSA) is 87.4 Å². The van der Waals surface area contributed by atoms with Crippen LogP contribution in [0.5, 0.6) is 0 Å². The molecule has 0 aliphatic carbocycles. The van der Waals surface area contributed by atoms with Gasteiger partial charge in [-0.15, -0.1) is 0 Å². The number of thiophene rings is 1. The highest BCUT2D eigenvalue weighted by Gasteiger charge is 2.33. The first-order chi connectivity index (χ1) is 9.04. The van der Waals surface area contributed by atoms with Gasteiger partial charge in [-0.3, -0.25) is 9.59 Å². The van der Waals surface area contributed by atoms with E-state index in [0.29, 0.717) is 0 Å². The molecule has 0 saturated heterocycles. The number of methoxy groups -OCH3 is 1. The molecule has 1 rings (SSSR count). The third-order valence-electron chi connectivity index (χ3n) is 3.04. The summed E-state index contributed by atoms with van der Waals surface area (Å²) in [7, 11) is 1.29. The Hall–Kier alpha value is -1.87. The molecule has 19 heavy (non-hydrogen) atoms. The normalized spacial score (nSPS) is 13.3. The highest BCUT2D eigenvalue weighted by Crippen LogP contribution is 2.35. The summed E-state index contributed by atoms with van der Waals surface area (Å²) in [6, 6.07) is 3.99. The molecule has 0 amide bonds. The van der Waals surface area contributed by atoms with Crippen molar-refractivity contribution in [2.45, 2.75) is 31.1 Å². The SMILES string of the molecule is COC(=O)CCC(C#N)(CCC(=O)O)c1ccsc1. The van der Waals surface area contributed by atoms with Crippen LogP contribution in [0.3, 0.4) is 0 Å². The number of carbonyl (C=O) groups excluding carboxylic acids is 1. The van der Waals surface area contributed by atoms with Crippen LogP contribution in [0.25, 0.3) is 0 Å². The highest BCUT2D eigenvalue weighted by molar-refractivity contribution is 7.08. The molecule has 1 aromatic heterocycles. The lowest BCUT2D eigenvalue weighted by Crippen LogP contribution is -2.26. The van der Waals surface area contributed by atoms with E-state index in [-0.39, 0.29) is 25.7 Å². The zero-order valence-corrected chi connectivity index (χ0v) is 11.4. The average Bonchev–Trinajstić information content (AvgIpc) is 2.93. The molecule has 1 N–H and O–H groups in total. The van der Waals surface area contributed by atoms with E-state index in [4.69, 9.17) is 5.11 Å². The molecule has 1 heterocycles. The summed E-state index contributed by atoms with van der Waals surface area (Å²) in [4.78, 5) is 22.0. The van der Waals surface area contributed by atoms with Gasteiger partial charge in [0.1, 0.15) is 0 Å². The number of ether oxygens (including phenoxy) is 1. The Kier molecular flexibility index (Phi) is 5.52. The fourth-order valence-electron chi connectivity index (χ4n) is 1.86. The van der Waals surface area contributed by atoms with Gasteiger partial charge in [0.15, 0.2) is 0 Å². The predicted octanol–water partition coefficient (Wildman–Crippen LogP) is 2.33. The summed E-state index contributed by atoms with van der Waals surface area (Å²) in [5.74, 6) is -1.35. The van der Waals surface area contributed by atoms with Gasteiger partial charge in [-0.05, 0) is 35.2 Å². The Labute approximate surface area is 115 Å². The lowest BCUT2D eigenvalue weighted by atomic mass is 9.75. The molecule has 0 spiro atoms. The predicted molar refractivity (Wildman–Crippen MR) is 69.7 cm³/mol. The number of hydrogen-bond donors (Lipinski definition) is 1. The minimum absolute atomic E-state index is 0.0968. The highest BCUT2D eigenvalue weighted by atomic mass is 32.1. The summed E-state index contributed by atoms with van der Waals surface area (Å²) in [6.45, 7) is 0. The van der Waals surface area contributed by atoms with Crippen molar-refractivity contribution in [3.63, 3.8) is 0 Å². The second kappa shape index (κ2) is 6.90. The molecule has 6 heteroatoms. The van der Waals surface area contributed by atoms with Crippen molar-refractivity contribution in [3.8, 4) is 6.07 Å². The monoisotopic (exact) mass is 281 g/mol. The summed E-state index contributed by atoms with van der Waals surface area (Å²) >= 11 is 1.44. The van der Waals surface area contributed by atoms with Gasteiger partial charge in [-0.25, -0.2) is 0 Å². The van der Waals surface area contributed by atoms with Crippen LogP contribution < -0.4 is 0 Å². The van der Waals surface area contributed by atoms with Crippen molar-refractivity contribution in [2.75, 3.05) is 7.11 Å². The molecular weight excluding hydrogens is 266 g/mol. The largest absolute Gasteiger partial charge is 0.481 e. The van der Waals surface area contributed by atoms with Gasteiger partial charge in [0.2, 0.25) is 0 Å². The number of carboxylic acid groups (broad SMARTS) is 1. The molecule has 0 aliphatic rings. The maximum absolute atomic E-state index is 11.2. The lowest BCUT2D eigenvalue weighted by molar-refractivity contribution is -0.140. The summed E-state index contributed by atoms with van der Waals surface area (Å²) in [5.41, 5.74) is -0.169. The van der Waals surface area contributed by atoms with Gasteiger partial charge in [0, 0.05) is 12.8 Å². The quantitative estimate of drug-likeness (QED) is 0.775. The molecule has 0 aromatic carbocycles. The molecule has 0 fully saturated rings. The van der Waals surface area contributed by atoms with E-state index in [0.717, 1.165) is 5.56 Å². The molecular formula is C13H15NO4S. The van der Waals surface area contributed by atoms with Crippen molar-refractivity contribution in [1.82, 2.24) is 0 Å². The number of hydrogen-bond acceptors (Lipinski definition) is 5. The molecule has 0 radical (unpaired) electrons. The maximum atomic E-state index is 11.2. The van der Waals surface area contributed by atoms with Crippen LogP contribution in [-0.2, 0) is 19.7 Å². The van der Waals surface area contributed by atoms with E-state index in [1.807, 2.05) is 10.8 Å². The fourth-order valence-corrected chi connectivity index (χ4v) is 2.62. The molecule has 0 aliphatic heterocycles. The summed E-state index contributed by atoms with van der Waals surface area (Å²) in [6.07, 6.45) is 0.441. The van der Waals surface area contributed by atoms with Crippen LogP contribution in [-0.4, -0.2) is 24.2 Å². The fraction of sp³-hybridized carbons (Fsp3) is 0.462. The molecule has 1 unspecified atom stereocenters. The van der Waals surface area contributed by atoms with Crippen LogP contribution >= 0.6 is 11.3 Å². The first-order valence-corrected chi connectivity index (χ1v) is 6.71. The third-order valence-corrected chi connectivity index (χ3v) is 3.72. The number of nitriles is 1.